The van der Waals surface area contributed by atoms with E-state index >= 15 is 0 Å². The van der Waals surface area contributed by atoms with Crippen molar-refractivity contribution in [1.82, 2.24) is 0 Å². The highest BCUT2D eigenvalue weighted by atomic mass is 35.5. The lowest BCUT2D eigenvalue weighted by molar-refractivity contribution is 0.615. The predicted octanol–water partition coefficient (Wildman–Crippen LogP) is 4.24. The van der Waals surface area contributed by atoms with Gasteiger partial charge >= 0.3 is 0 Å². The molecule has 0 saturated carbocycles. The van der Waals surface area contributed by atoms with Gasteiger partial charge in [-0.3, -0.25) is 4.21 Å². The van der Waals surface area contributed by atoms with Crippen molar-refractivity contribution in [3.8, 4) is 0 Å². The van der Waals surface area contributed by atoms with E-state index in [4.69, 9.17) is 11.6 Å². The summed E-state index contributed by atoms with van der Waals surface area (Å²) in [5.41, 5.74) is 2.44. The molecule has 4 heteroatoms. The zero-order valence-electron chi connectivity index (χ0n) is 10.5. The molecular formula is C15H14ClFOS. The Morgan fingerprint density at radius 2 is 1.84 bits per heavy atom. The summed E-state index contributed by atoms with van der Waals surface area (Å²) in [7, 11) is -1.18. The van der Waals surface area contributed by atoms with Gasteiger partial charge in [-0.2, -0.15) is 0 Å². The third kappa shape index (κ3) is 3.64. The van der Waals surface area contributed by atoms with Gasteiger partial charge in [0.2, 0.25) is 0 Å². The van der Waals surface area contributed by atoms with Gasteiger partial charge in [0.1, 0.15) is 5.82 Å². The molecule has 0 fully saturated rings. The average Bonchev–Trinajstić information content (AvgIpc) is 2.37. The van der Waals surface area contributed by atoms with E-state index in [9.17, 15) is 8.60 Å². The summed E-state index contributed by atoms with van der Waals surface area (Å²) in [6.07, 6.45) is 0. The zero-order chi connectivity index (χ0) is 13.8. The molecular weight excluding hydrogens is 283 g/mol. The number of halogens is 2. The molecule has 0 radical (unpaired) electrons. The maximum absolute atomic E-state index is 13.6. The fourth-order valence-electron chi connectivity index (χ4n) is 1.83. The molecule has 0 aliphatic heterocycles. The number of aryl methyl sites for hydroxylation is 1. The van der Waals surface area contributed by atoms with Crippen molar-refractivity contribution in [3.05, 3.63) is 70.0 Å². The fraction of sp³-hybridized carbons (Fsp3) is 0.200. The first-order chi connectivity index (χ1) is 9.08. The van der Waals surface area contributed by atoms with Crippen LogP contribution in [0.15, 0.2) is 42.5 Å². The van der Waals surface area contributed by atoms with Gasteiger partial charge in [-0.05, 0) is 30.2 Å². The van der Waals surface area contributed by atoms with E-state index in [2.05, 4.69) is 0 Å². The van der Waals surface area contributed by atoms with Gasteiger partial charge in [-0.15, -0.1) is 0 Å². The Bertz CT molecular complexity index is 593. The topological polar surface area (TPSA) is 17.1 Å². The van der Waals surface area contributed by atoms with Crippen LogP contribution in [0.2, 0.25) is 5.02 Å². The second kappa shape index (κ2) is 6.31. The number of rotatable bonds is 4. The van der Waals surface area contributed by atoms with Crippen LogP contribution < -0.4 is 0 Å². The predicted molar refractivity (Wildman–Crippen MR) is 78.1 cm³/mol. The summed E-state index contributed by atoms with van der Waals surface area (Å²) < 4.78 is 25.7. The van der Waals surface area contributed by atoms with E-state index in [-0.39, 0.29) is 5.75 Å². The van der Waals surface area contributed by atoms with Gasteiger partial charge in [0, 0.05) is 27.1 Å². The molecule has 0 spiro atoms. The zero-order valence-corrected chi connectivity index (χ0v) is 12.1. The Balaban J connectivity index is 2.12. The standard InChI is InChI=1S/C15H14ClFOS/c1-11-5-2-3-6-12(11)9-19(18)10-13-14(16)7-4-8-15(13)17/h2-8H,9-10H2,1H3. The quantitative estimate of drug-likeness (QED) is 0.825. The molecule has 19 heavy (non-hydrogen) atoms. The molecule has 0 N–H and O–H groups in total. The van der Waals surface area contributed by atoms with E-state index in [0.717, 1.165) is 11.1 Å². The summed E-state index contributed by atoms with van der Waals surface area (Å²) in [5, 5.41) is 0.332. The van der Waals surface area contributed by atoms with Gasteiger partial charge in [-0.1, -0.05) is 41.9 Å². The third-order valence-electron chi connectivity index (χ3n) is 2.94. The summed E-state index contributed by atoms with van der Waals surface area (Å²) >= 11 is 5.93. The SMILES string of the molecule is Cc1ccccc1CS(=O)Cc1c(F)cccc1Cl. The minimum Gasteiger partial charge on any atom is -0.259 e. The van der Waals surface area contributed by atoms with Crippen LogP contribution in [-0.4, -0.2) is 4.21 Å². The first-order valence-corrected chi connectivity index (χ1v) is 7.77. The van der Waals surface area contributed by atoms with Crippen molar-refractivity contribution in [2.75, 3.05) is 0 Å². The smallest absolute Gasteiger partial charge is 0.128 e. The molecule has 2 aromatic carbocycles. The van der Waals surface area contributed by atoms with Gasteiger partial charge in [-0.25, -0.2) is 4.39 Å². The first-order valence-electron chi connectivity index (χ1n) is 5.90. The minimum atomic E-state index is -1.18. The Morgan fingerprint density at radius 1 is 1.11 bits per heavy atom. The fourth-order valence-corrected chi connectivity index (χ4v) is 3.52. The molecule has 0 aromatic heterocycles. The van der Waals surface area contributed by atoms with E-state index in [1.54, 1.807) is 12.1 Å². The molecule has 0 heterocycles. The maximum Gasteiger partial charge on any atom is 0.128 e. The molecule has 0 bridgehead atoms. The molecule has 1 unspecified atom stereocenters. The molecule has 0 saturated heterocycles. The Kier molecular flexibility index (Phi) is 4.72. The van der Waals surface area contributed by atoms with Crippen LogP contribution in [0.5, 0.6) is 0 Å². The Morgan fingerprint density at radius 3 is 2.53 bits per heavy atom. The van der Waals surface area contributed by atoms with Crippen LogP contribution in [0.3, 0.4) is 0 Å². The van der Waals surface area contributed by atoms with Gasteiger partial charge in [0.05, 0.1) is 5.75 Å². The van der Waals surface area contributed by atoms with E-state index in [0.29, 0.717) is 16.3 Å². The highest BCUT2D eigenvalue weighted by Crippen LogP contribution is 2.22. The lowest BCUT2D eigenvalue weighted by Gasteiger charge is -2.08. The van der Waals surface area contributed by atoms with Crippen molar-refractivity contribution in [2.45, 2.75) is 18.4 Å². The summed E-state index contributed by atoms with van der Waals surface area (Å²) in [4.78, 5) is 0. The molecule has 100 valence electrons. The van der Waals surface area contributed by atoms with Gasteiger partial charge in [0.15, 0.2) is 0 Å². The van der Waals surface area contributed by atoms with Crippen LogP contribution in [0.1, 0.15) is 16.7 Å². The van der Waals surface area contributed by atoms with E-state index in [1.165, 1.54) is 6.07 Å². The second-order valence-corrected chi connectivity index (χ2v) is 6.22. The third-order valence-corrected chi connectivity index (χ3v) is 4.54. The molecule has 0 aliphatic rings. The van der Waals surface area contributed by atoms with Crippen LogP contribution in [0.4, 0.5) is 4.39 Å². The largest absolute Gasteiger partial charge is 0.259 e. The molecule has 2 rings (SSSR count). The molecule has 1 atom stereocenters. The summed E-state index contributed by atoms with van der Waals surface area (Å²) in [5.74, 6) is 0.155. The minimum absolute atomic E-state index is 0.139. The Labute approximate surface area is 119 Å². The van der Waals surface area contributed by atoms with Crippen LogP contribution in [0.25, 0.3) is 0 Å². The molecule has 1 nitrogen and oxygen atoms in total. The monoisotopic (exact) mass is 296 g/mol. The van der Waals surface area contributed by atoms with Crippen molar-refractivity contribution < 1.29 is 8.60 Å². The maximum atomic E-state index is 13.6. The van der Waals surface area contributed by atoms with Crippen molar-refractivity contribution >= 4 is 22.4 Å². The van der Waals surface area contributed by atoms with Crippen molar-refractivity contribution in [3.63, 3.8) is 0 Å². The lowest BCUT2D eigenvalue weighted by Crippen LogP contribution is -2.03. The second-order valence-electron chi connectivity index (χ2n) is 4.36. The van der Waals surface area contributed by atoms with Crippen molar-refractivity contribution in [2.24, 2.45) is 0 Å². The highest BCUT2D eigenvalue weighted by Gasteiger charge is 2.11. The molecule has 0 amide bonds. The summed E-state index contributed by atoms with van der Waals surface area (Å²) in [6.45, 7) is 1.97. The van der Waals surface area contributed by atoms with Crippen LogP contribution in [-0.2, 0) is 22.3 Å². The average molecular weight is 297 g/mol. The van der Waals surface area contributed by atoms with E-state index in [1.807, 2.05) is 31.2 Å². The molecule has 0 aliphatic carbocycles. The van der Waals surface area contributed by atoms with Crippen LogP contribution in [0, 0.1) is 12.7 Å². The van der Waals surface area contributed by atoms with E-state index < -0.39 is 16.6 Å². The van der Waals surface area contributed by atoms with Gasteiger partial charge in [0.25, 0.3) is 0 Å². The Hall–Kier alpha value is -1.19. The number of hydrogen-bond acceptors (Lipinski definition) is 1. The number of hydrogen-bond donors (Lipinski definition) is 0. The van der Waals surface area contributed by atoms with Gasteiger partial charge < -0.3 is 0 Å². The highest BCUT2D eigenvalue weighted by molar-refractivity contribution is 7.83. The van der Waals surface area contributed by atoms with Crippen LogP contribution >= 0.6 is 11.6 Å². The summed E-state index contributed by atoms with van der Waals surface area (Å²) in [6, 6.07) is 12.3. The normalized spacial score (nSPS) is 12.4. The lowest BCUT2D eigenvalue weighted by atomic mass is 10.1. The number of benzene rings is 2. The first kappa shape index (κ1) is 14.2. The molecule has 2 aromatic rings. The van der Waals surface area contributed by atoms with Crippen molar-refractivity contribution in [1.29, 1.82) is 0 Å².